The third-order valence-corrected chi connectivity index (χ3v) is 5.69. The first-order valence-electron chi connectivity index (χ1n) is 8.86. The van der Waals surface area contributed by atoms with E-state index in [1.807, 2.05) is 17.5 Å². The van der Waals surface area contributed by atoms with Crippen LogP contribution in [0.25, 0.3) is 21.5 Å². The zero-order valence-electron chi connectivity index (χ0n) is 14.4. The Balaban J connectivity index is 1.40. The quantitative estimate of drug-likeness (QED) is 0.570. The second-order valence-electron chi connectivity index (χ2n) is 6.58. The minimum Gasteiger partial charge on any atom is -0.355 e. The molecule has 7 heteroatoms. The summed E-state index contributed by atoms with van der Waals surface area (Å²) in [5.74, 6) is 0.718. The smallest absolute Gasteiger partial charge is 0.279 e. The second kappa shape index (κ2) is 6.59. The van der Waals surface area contributed by atoms with Crippen LogP contribution in [0.1, 0.15) is 34.5 Å². The molecule has 1 amide bonds. The number of aromatic nitrogens is 3. The first-order chi connectivity index (χ1) is 13.3. The molecule has 0 unspecified atom stereocenters. The molecule has 1 aliphatic rings. The van der Waals surface area contributed by atoms with Crippen molar-refractivity contribution in [2.24, 2.45) is 0 Å². The minimum absolute atomic E-state index is 0.227. The highest BCUT2D eigenvalue weighted by Gasteiger charge is 2.17. The fourth-order valence-electron chi connectivity index (χ4n) is 3.47. The predicted molar refractivity (Wildman–Crippen MR) is 104 cm³/mol. The molecular formula is C20H16N4O2S. The molecule has 0 saturated heterocycles. The zero-order chi connectivity index (χ0) is 18.2. The van der Waals surface area contributed by atoms with Crippen molar-refractivity contribution in [3.8, 4) is 11.3 Å². The molecule has 1 aromatic carbocycles. The molecule has 27 heavy (non-hydrogen) atoms. The second-order valence-corrected chi connectivity index (χ2v) is 7.48. The summed E-state index contributed by atoms with van der Waals surface area (Å²) in [5, 5.41) is 9.47. The monoisotopic (exact) mass is 376 g/mol. The summed E-state index contributed by atoms with van der Waals surface area (Å²) >= 11 is 1.50. The van der Waals surface area contributed by atoms with Crippen molar-refractivity contribution in [3.05, 3.63) is 58.9 Å². The molecule has 0 fully saturated rings. The molecule has 6 nitrogen and oxygen atoms in total. The van der Waals surface area contributed by atoms with Gasteiger partial charge in [-0.05, 0) is 54.3 Å². The standard InChI is InChI=1S/C20H16N4O2S/c25-19(23-18-15-7-8-27-20(15)22-11-21-18)16-10-17(26-24-16)14-6-5-12-3-1-2-4-13(12)9-14/h5-11H,1-4H2,(H,21,22,23,25). The van der Waals surface area contributed by atoms with E-state index in [1.54, 1.807) is 6.07 Å². The van der Waals surface area contributed by atoms with Crippen LogP contribution in [0.15, 0.2) is 46.6 Å². The Labute approximate surface area is 159 Å². The molecular weight excluding hydrogens is 360 g/mol. The van der Waals surface area contributed by atoms with Crippen molar-refractivity contribution < 1.29 is 9.32 Å². The van der Waals surface area contributed by atoms with Gasteiger partial charge in [-0.1, -0.05) is 17.3 Å². The number of carbonyl (C=O) groups excluding carboxylic acids is 1. The number of hydrogen-bond acceptors (Lipinski definition) is 6. The van der Waals surface area contributed by atoms with Gasteiger partial charge < -0.3 is 9.84 Å². The van der Waals surface area contributed by atoms with Crippen LogP contribution in [-0.4, -0.2) is 21.0 Å². The third kappa shape index (κ3) is 3.00. The molecule has 0 spiro atoms. The van der Waals surface area contributed by atoms with Crippen LogP contribution < -0.4 is 5.32 Å². The Hall–Kier alpha value is -3.06. The molecule has 5 rings (SSSR count). The molecule has 3 aromatic heterocycles. The van der Waals surface area contributed by atoms with Crippen molar-refractivity contribution in [2.45, 2.75) is 25.7 Å². The number of benzene rings is 1. The number of carbonyl (C=O) groups is 1. The minimum atomic E-state index is -0.353. The van der Waals surface area contributed by atoms with Gasteiger partial charge in [0.15, 0.2) is 11.5 Å². The SMILES string of the molecule is O=C(Nc1ncnc2sccc12)c1cc(-c2ccc3c(c2)CCCC3)on1. The van der Waals surface area contributed by atoms with E-state index in [9.17, 15) is 4.79 Å². The topological polar surface area (TPSA) is 80.9 Å². The van der Waals surface area contributed by atoms with E-state index < -0.39 is 0 Å². The molecule has 134 valence electrons. The molecule has 0 saturated carbocycles. The van der Waals surface area contributed by atoms with E-state index in [0.717, 1.165) is 28.6 Å². The van der Waals surface area contributed by atoms with Crippen LogP contribution in [0.4, 0.5) is 5.82 Å². The molecule has 0 radical (unpaired) electrons. The average Bonchev–Trinajstić information content (AvgIpc) is 3.38. The summed E-state index contributed by atoms with van der Waals surface area (Å²) in [6.45, 7) is 0. The number of anilines is 1. The molecule has 3 heterocycles. The number of rotatable bonds is 3. The summed E-state index contributed by atoms with van der Waals surface area (Å²) in [7, 11) is 0. The van der Waals surface area contributed by atoms with Gasteiger partial charge in [0.25, 0.3) is 5.91 Å². The summed E-state index contributed by atoms with van der Waals surface area (Å²) in [6, 6.07) is 9.89. The highest BCUT2D eigenvalue weighted by molar-refractivity contribution is 7.16. The number of fused-ring (bicyclic) bond motifs is 2. The first-order valence-corrected chi connectivity index (χ1v) is 9.74. The van der Waals surface area contributed by atoms with E-state index in [-0.39, 0.29) is 11.6 Å². The van der Waals surface area contributed by atoms with E-state index in [4.69, 9.17) is 4.52 Å². The van der Waals surface area contributed by atoms with Gasteiger partial charge in [0.05, 0.1) is 5.39 Å². The highest BCUT2D eigenvalue weighted by atomic mass is 32.1. The maximum Gasteiger partial charge on any atom is 0.279 e. The summed E-state index contributed by atoms with van der Waals surface area (Å²) < 4.78 is 5.43. The number of hydrogen-bond donors (Lipinski definition) is 1. The van der Waals surface area contributed by atoms with E-state index in [0.29, 0.717) is 11.6 Å². The van der Waals surface area contributed by atoms with Crippen molar-refractivity contribution in [3.63, 3.8) is 0 Å². The Morgan fingerprint density at radius 1 is 1.07 bits per heavy atom. The Kier molecular flexibility index (Phi) is 3.94. The van der Waals surface area contributed by atoms with Gasteiger partial charge in [-0.2, -0.15) is 0 Å². The summed E-state index contributed by atoms with van der Waals surface area (Å²) in [6.07, 6.45) is 6.14. The summed E-state index contributed by atoms with van der Waals surface area (Å²) in [5.41, 5.74) is 3.95. The van der Waals surface area contributed by atoms with Gasteiger partial charge in [0, 0.05) is 11.6 Å². The van der Waals surface area contributed by atoms with Gasteiger partial charge >= 0.3 is 0 Å². The Bertz CT molecular complexity index is 1150. The predicted octanol–water partition coefficient (Wildman–Crippen LogP) is 4.48. The van der Waals surface area contributed by atoms with Gasteiger partial charge in [-0.3, -0.25) is 4.79 Å². The number of nitrogens with one attached hydrogen (secondary N) is 1. The van der Waals surface area contributed by atoms with Gasteiger partial charge in [-0.15, -0.1) is 11.3 Å². The Morgan fingerprint density at radius 2 is 1.96 bits per heavy atom. The number of aryl methyl sites for hydroxylation is 2. The van der Waals surface area contributed by atoms with Crippen LogP contribution >= 0.6 is 11.3 Å². The average molecular weight is 376 g/mol. The number of thiophene rings is 1. The summed E-state index contributed by atoms with van der Waals surface area (Å²) in [4.78, 5) is 21.7. The normalized spacial score (nSPS) is 13.5. The largest absolute Gasteiger partial charge is 0.355 e. The van der Waals surface area contributed by atoms with Crippen molar-refractivity contribution in [2.75, 3.05) is 5.32 Å². The Morgan fingerprint density at radius 3 is 2.89 bits per heavy atom. The molecule has 0 bridgehead atoms. The number of amides is 1. The lowest BCUT2D eigenvalue weighted by Crippen LogP contribution is -2.13. The van der Waals surface area contributed by atoms with E-state index >= 15 is 0 Å². The third-order valence-electron chi connectivity index (χ3n) is 4.87. The molecule has 1 N–H and O–H groups in total. The number of nitrogens with zero attached hydrogens (tertiary/aromatic N) is 3. The van der Waals surface area contributed by atoms with Gasteiger partial charge in [0.1, 0.15) is 17.0 Å². The van der Waals surface area contributed by atoms with Crippen LogP contribution in [0, 0.1) is 0 Å². The maximum atomic E-state index is 12.6. The van der Waals surface area contributed by atoms with Crippen LogP contribution in [0.2, 0.25) is 0 Å². The molecule has 4 aromatic rings. The van der Waals surface area contributed by atoms with E-state index in [1.165, 1.54) is 41.6 Å². The van der Waals surface area contributed by atoms with E-state index in [2.05, 4.69) is 32.6 Å². The lowest BCUT2D eigenvalue weighted by molar-refractivity contribution is 0.101. The lowest BCUT2D eigenvalue weighted by Gasteiger charge is -2.15. The fourth-order valence-corrected chi connectivity index (χ4v) is 4.20. The van der Waals surface area contributed by atoms with Crippen LogP contribution in [0.3, 0.4) is 0 Å². The molecule has 0 aliphatic heterocycles. The maximum absolute atomic E-state index is 12.6. The van der Waals surface area contributed by atoms with Crippen molar-refractivity contribution in [1.29, 1.82) is 0 Å². The van der Waals surface area contributed by atoms with Gasteiger partial charge in [-0.25, -0.2) is 9.97 Å². The van der Waals surface area contributed by atoms with Crippen LogP contribution in [0.5, 0.6) is 0 Å². The van der Waals surface area contributed by atoms with Crippen molar-refractivity contribution in [1.82, 2.24) is 15.1 Å². The lowest BCUT2D eigenvalue weighted by atomic mass is 9.90. The first kappa shape index (κ1) is 16.1. The van der Waals surface area contributed by atoms with Crippen molar-refractivity contribution >= 4 is 33.3 Å². The van der Waals surface area contributed by atoms with Gasteiger partial charge in [0.2, 0.25) is 0 Å². The highest BCUT2D eigenvalue weighted by Crippen LogP contribution is 2.28. The van der Waals surface area contributed by atoms with Crippen LogP contribution in [-0.2, 0) is 12.8 Å². The molecule has 0 atom stereocenters. The zero-order valence-corrected chi connectivity index (χ0v) is 15.3. The molecule has 1 aliphatic carbocycles. The fraction of sp³-hybridized carbons (Fsp3) is 0.200.